The second-order valence-corrected chi connectivity index (χ2v) is 7.41. The highest BCUT2D eigenvalue weighted by molar-refractivity contribution is 7.89. The summed E-state index contributed by atoms with van der Waals surface area (Å²) in [6.45, 7) is 6.94. The minimum Gasteiger partial charge on any atom is -0.492 e. The molecule has 0 bridgehead atoms. The lowest BCUT2D eigenvalue weighted by atomic mass is 10.1. The van der Waals surface area contributed by atoms with Gasteiger partial charge in [0.15, 0.2) is 0 Å². The third-order valence-corrected chi connectivity index (χ3v) is 5.54. The molecule has 1 aliphatic heterocycles. The lowest BCUT2D eigenvalue weighted by molar-refractivity contribution is -0.00776. The predicted octanol–water partition coefficient (Wildman–Crippen LogP) is 1.47. The minimum atomic E-state index is -3.70. The highest BCUT2D eigenvalue weighted by Crippen LogP contribution is 2.33. The fraction of sp³-hybridized carbons (Fsp3) is 0.571. The molecule has 0 spiro atoms. The number of sulfonamides is 1. The second kappa shape index (κ2) is 5.82. The molecule has 0 unspecified atom stereocenters. The Bertz CT molecular complexity index is 613. The summed E-state index contributed by atoms with van der Waals surface area (Å²) in [5.74, 6) is 0.328. The minimum absolute atomic E-state index is 0.110. The van der Waals surface area contributed by atoms with E-state index in [1.807, 2.05) is 20.8 Å². The lowest BCUT2D eigenvalue weighted by Crippen LogP contribution is -2.55. The van der Waals surface area contributed by atoms with Gasteiger partial charge in [-0.15, -0.1) is 0 Å². The maximum absolute atomic E-state index is 13.0. The summed E-state index contributed by atoms with van der Waals surface area (Å²) in [5, 5.41) is 0. The first kappa shape index (κ1) is 16.1. The largest absolute Gasteiger partial charge is 0.492 e. The molecule has 0 aliphatic carbocycles. The van der Waals surface area contributed by atoms with Crippen molar-refractivity contribution in [1.82, 2.24) is 4.31 Å². The van der Waals surface area contributed by atoms with E-state index in [-0.39, 0.29) is 4.90 Å². The molecule has 1 aliphatic rings. The van der Waals surface area contributed by atoms with E-state index in [2.05, 4.69) is 0 Å². The van der Waals surface area contributed by atoms with Crippen LogP contribution in [0.25, 0.3) is 0 Å². The van der Waals surface area contributed by atoms with E-state index in [9.17, 15) is 8.42 Å². The van der Waals surface area contributed by atoms with Crippen molar-refractivity contribution in [2.75, 3.05) is 32.1 Å². The molecule has 1 aromatic carbocycles. The van der Waals surface area contributed by atoms with E-state index < -0.39 is 15.6 Å². The molecular weight excluding hydrogens is 292 g/mol. The van der Waals surface area contributed by atoms with Gasteiger partial charge in [-0.1, -0.05) is 0 Å². The van der Waals surface area contributed by atoms with Crippen molar-refractivity contribution in [3.8, 4) is 5.75 Å². The van der Waals surface area contributed by atoms with Crippen LogP contribution >= 0.6 is 0 Å². The first-order valence-electron chi connectivity index (χ1n) is 6.92. The molecule has 118 valence electrons. The topological polar surface area (TPSA) is 81.9 Å². The fourth-order valence-corrected chi connectivity index (χ4v) is 4.33. The standard InChI is InChI=1S/C14H22N2O4S/c1-4-20-12-6-5-11(15)9-13(12)21(17,18)16-7-8-19-10-14(16,2)3/h5-6,9H,4,7-8,10,15H2,1-3H3. The van der Waals surface area contributed by atoms with Gasteiger partial charge in [-0.2, -0.15) is 4.31 Å². The third-order valence-electron chi connectivity index (χ3n) is 3.40. The van der Waals surface area contributed by atoms with Gasteiger partial charge in [-0.3, -0.25) is 0 Å². The summed E-state index contributed by atoms with van der Waals surface area (Å²) in [6, 6.07) is 4.68. The van der Waals surface area contributed by atoms with Gasteiger partial charge in [0.05, 0.1) is 25.4 Å². The Labute approximate surface area is 125 Å². The summed E-state index contributed by atoms with van der Waals surface area (Å²) < 4.78 is 38.3. The van der Waals surface area contributed by atoms with Crippen molar-refractivity contribution in [1.29, 1.82) is 0 Å². The van der Waals surface area contributed by atoms with Crippen molar-refractivity contribution >= 4 is 15.7 Å². The van der Waals surface area contributed by atoms with Crippen molar-refractivity contribution in [2.45, 2.75) is 31.2 Å². The Morgan fingerprint density at radius 3 is 2.76 bits per heavy atom. The highest BCUT2D eigenvalue weighted by atomic mass is 32.2. The first-order valence-corrected chi connectivity index (χ1v) is 8.36. The van der Waals surface area contributed by atoms with Crippen LogP contribution in [0.3, 0.4) is 0 Å². The van der Waals surface area contributed by atoms with Gasteiger partial charge in [-0.25, -0.2) is 8.42 Å². The first-order chi connectivity index (χ1) is 9.79. The molecule has 0 aromatic heterocycles. The van der Waals surface area contributed by atoms with Gasteiger partial charge in [0.2, 0.25) is 10.0 Å². The summed E-state index contributed by atoms with van der Waals surface area (Å²) >= 11 is 0. The Hall–Kier alpha value is -1.31. The molecule has 21 heavy (non-hydrogen) atoms. The van der Waals surface area contributed by atoms with Crippen molar-refractivity contribution in [3.63, 3.8) is 0 Å². The van der Waals surface area contributed by atoms with Crippen LogP contribution < -0.4 is 10.5 Å². The van der Waals surface area contributed by atoms with Crippen LogP contribution in [0.4, 0.5) is 5.69 Å². The van der Waals surface area contributed by atoms with E-state index in [0.717, 1.165) is 0 Å². The van der Waals surface area contributed by atoms with Gasteiger partial charge < -0.3 is 15.2 Å². The van der Waals surface area contributed by atoms with Gasteiger partial charge in [0.25, 0.3) is 0 Å². The van der Waals surface area contributed by atoms with E-state index in [1.54, 1.807) is 12.1 Å². The molecule has 2 N–H and O–H groups in total. The highest BCUT2D eigenvalue weighted by Gasteiger charge is 2.41. The Kier molecular flexibility index (Phi) is 4.46. The SMILES string of the molecule is CCOc1ccc(N)cc1S(=O)(=O)N1CCOCC1(C)C. The number of anilines is 1. The summed E-state index contributed by atoms with van der Waals surface area (Å²) in [5.41, 5.74) is 5.54. The number of morpholine rings is 1. The molecule has 1 saturated heterocycles. The number of hydrogen-bond donors (Lipinski definition) is 1. The lowest BCUT2D eigenvalue weighted by Gasteiger charge is -2.40. The van der Waals surface area contributed by atoms with Gasteiger partial charge >= 0.3 is 0 Å². The van der Waals surface area contributed by atoms with Gasteiger partial charge in [-0.05, 0) is 39.0 Å². The molecule has 7 heteroatoms. The number of ether oxygens (including phenoxy) is 2. The summed E-state index contributed by atoms with van der Waals surface area (Å²) in [6.07, 6.45) is 0. The van der Waals surface area contributed by atoms with Crippen LogP contribution in [0.5, 0.6) is 5.75 Å². The Morgan fingerprint density at radius 1 is 1.43 bits per heavy atom. The van der Waals surface area contributed by atoms with Gasteiger partial charge in [0.1, 0.15) is 10.6 Å². The monoisotopic (exact) mass is 314 g/mol. The molecule has 0 amide bonds. The van der Waals surface area contributed by atoms with Crippen LogP contribution in [0.15, 0.2) is 23.1 Å². The van der Waals surface area contributed by atoms with E-state index in [0.29, 0.717) is 37.8 Å². The molecule has 1 heterocycles. The zero-order valence-electron chi connectivity index (χ0n) is 12.6. The molecule has 1 fully saturated rings. The van der Waals surface area contributed by atoms with Crippen LogP contribution in [0.1, 0.15) is 20.8 Å². The zero-order valence-corrected chi connectivity index (χ0v) is 13.4. The smallest absolute Gasteiger partial charge is 0.247 e. The summed E-state index contributed by atoms with van der Waals surface area (Å²) in [7, 11) is -3.70. The number of nitrogen functional groups attached to an aromatic ring is 1. The van der Waals surface area contributed by atoms with Crippen molar-refractivity contribution < 1.29 is 17.9 Å². The normalized spacial score (nSPS) is 19.4. The fourth-order valence-electron chi connectivity index (χ4n) is 2.41. The molecule has 6 nitrogen and oxygen atoms in total. The third kappa shape index (κ3) is 3.14. The molecular formula is C14H22N2O4S. The predicted molar refractivity (Wildman–Crippen MR) is 80.8 cm³/mol. The van der Waals surface area contributed by atoms with E-state index in [4.69, 9.17) is 15.2 Å². The summed E-state index contributed by atoms with van der Waals surface area (Å²) in [4.78, 5) is 0.110. The quantitative estimate of drug-likeness (QED) is 0.851. The average molecular weight is 314 g/mol. The van der Waals surface area contributed by atoms with Crippen LogP contribution in [0.2, 0.25) is 0 Å². The van der Waals surface area contributed by atoms with Crippen LogP contribution in [0, 0.1) is 0 Å². The zero-order chi connectivity index (χ0) is 15.7. The van der Waals surface area contributed by atoms with E-state index >= 15 is 0 Å². The molecule has 1 aromatic rings. The molecule has 2 rings (SSSR count). The Balaban J connectivity index is 2.50. The maximum atomic E-state index is 13.0. The number of rotatable bonds is 4. The maximum Gasteiger partial charge on any atom is 0.247 e. The number of nitrogens with zero attached hydrogens (tertiary/aromatic N) is 1. The molecule has 0 saturated carbocycles. The van der Waals surface area contributed by atoms with Crippen LogP contribution in [-0.2, 0) is 14.8 Å². The average Bonchev–Trinajstić information content (AvgIpc) is 2.40. The number of hydrogen-bond acceptors (Lipinski definition) is 5. The van der Waals surface area contributed by atoms with Crippen molar-refractivity contribution in [3.05, 3.63) is 18.2 Å². The second-order valence-electron chi connectivity index (χ2n) is 5.58. The van der Waals surface area contributed by atoms with E-state index in [1.165, 1.54) is 10.4 Å². The van der Waals surface area contributed by atoms with Gasteiger partial charge in [0, 0.05) is 12.2 Å². The van der Waals surface area contributed by atoms with Crippen molar-refractivity contribution in [2.24, 2.45) is 0 Å². The Morgan fingerprint density at radius 2 is 2.14 bits per heavy atom. The number of nitrogens with two attached hydrogens (primary N) is 1. The molecule has 0 radical (unpaired) electrons. The van der Waals surface area contributed by atoms with Crippen LogP contribution in [-0.4, -0.2) is 44.6 Å². The number of benzene rings is 1. The molecule has 0 atom stereocenters.